The van der Waals surface area contributed by atoms with E-state index in [1.54, 1.807) is 13.0 Å². The lowest BCUT2D eigenvalue weighted by Gasteiger charge is -2.25. The molecule has 0 saturated heterocycles. The zero-order valence-corrected chi connectivity index (χ0v) is 11.3. The van der Waals surface area contributed by atoms with Crippen molar-refractivity contribution in [1.82, 2.24) is 0 Å². The molecule has 2 atom stereocenters. The lowest BCUT2D eigenvalue weighted by molar-refractivity contribution is 0.0886. The van der Waals surface area contributed by atoms with Crippen LogP contribution in [0.2, 0.25) is 0 Å². The molecule has 0 unspecified atom stereocenters. The fourth-order valence-corrected chi connectivity index (χ4v) is 2.46. The van der Waals surface area contributed by atoms with Crippen LogP contribution in [0.1, 0.15) is 53.5 Å². The van der Waals surface area contributed by atoms with Crippen molar-refractivity contribution in [3.8, 4) is 11.5 Å². The number of aliphatic hydroxyl groups excluding tert-OH is 1. The van der Waals surface area contributed by atoms with E-state index in [2.05, 4.69) is 0 Å². The van der Waals surface area contributed by atoms with Crippen LogP contribution in [-0.2, 0) is 4.74 Å². The molecule has 104 valence electrons. The van der Waals surface area contributed by atoms with Gasteiger partial charge in [-0.25, -0.2) is 0 Å². The molecular formula is C14H18O5. The second-order valence-corrected chi connectivity index (χ2v) is 4.66. The van der Waals surface area contributed by atoms with Crippen LogP contribution in [0.5, 0.6) is 11.5 Å². The van der Waals surface area contributed by atoms with Crippen LogP contribution in [0.25, 0.3) is 0 Å². The van der Waals surface area contributed by atoms with Gasteiger partial charge in [0, 0.05) is 13.5 Å². The number of methoxy groups -OCH3 is 2. The predicted molar refractivity (Wildman–Crippen MR) is 68.6 cm³/mol. The Labute approximate surface area is 111 Å². The molecule has 0 aliphatic heterocycles. The number of aromatic hydroxyl groups is 1. The van der Waals surface area contributed by atoms with Crippen molar-refractivity contribution >= 4 is 5.78 Å². The molecule has 1 aromatic rings. The highest BCUT2D eigenvalue weighted by Crippen LogP contribution is 2.44. The van der Waals surface area contributed by atoms with E-state index in [0.717, 1.165) is 0 Å². The summed E-state index contributed by atoms with van der Waals surface area (Å²) in [5.74, 6) is 0.108. The van der Waals surface area contributed by atoms with E-state index in [1.807, 2.05) is 0 Å². The fraction of sp³-hybridized carbons (Fsp3) is 0.500. The summed E-state index contributed by atoms with van der Waals surface area (Å²) in [5.41, 5.74) is 1.06. The van der Waals surface area contributed by atoms with Gasteiger partial charge in [0.2, 0.25) is 0 Å². The van der Waals surface area contributed by atoms with Crippen molar-refractivity contribution in [2.45, 2.75) is 32.0 Å². The average molecular weight is 266 g/mol. The summed E-state index contributed by atoms with van der Waals surface area (Å²) >= 11 is 0. The summed E-state index contributed by atoms with van der Waals surface area (Å²) in [6, 6.07) is 1.61. The minimum atomic E-state index is -0.751. The first-order valence-corrected chi connectivity index (χ1v) is 6.19. The van der Waals surface area contributed by atoms with Crippen LogP contribution in [0.15, 0.2) is 6.07 Å². The molecule has 0 saturated carbocycles. The van der Waals surface area contributed by atoms with Gasteiger partial charge in [-0.3, -0.25) is 4.79 Å². The van der Waals surface area contributed by atoms with Gasteiger partial charge in [0.1, 0.15) is 11.5 Å². The number of phenolic OH excluding ortho intramolecular Hbond substituents is 1. The molecule has 0 bridgehead atoms. The number of rotatable bonds is 3. The van der Waals surface area contributed by atoms with Crippen LogP contribution in [-0.4, -0.2) is 30.2 Å². The van der Waals surface area contributed by atoms with Gasteiger partial charge < -0.3 is 19.7 Å². The molecule has 5 heteroatoms. The maximum Gasteiger partial charge on any atom is 0.167 e. The van der Waals surface area contributed by atoms with Crippen molar-refractivity contribution in [2.75, 3.05) is 14.2 Å². The molecule has 2 rings (SSSR count). The number of ether oxygens (including phenoxy) is 2. The highest BCUT2D eigenvalue weighted by atomic mass is 16.5. The largest absolute Gasteiger partial charge is 0.507 e. The third-order valence-electron chi connectivity index (χ3n) is 3.60. The first-order valence-electron chi connectivity index (χ1n) is 6.19. The Morgan fingerprint density at radius 2 is 2.11 bits per heavy atom. The summed E-state index contributed by atoms with van der Waals surface area (Å²) in [4.78, 5) is 12.0. The molecule has 19 heavy (non-hydrogen) atoms. The van der Waals surface area contributed by atoms with Crippen LogP contribution in [0.4, 0.5) is 0 Å². The van der Waals surface area contributed by atoms with Gasteiger partial charge in [0.05, 0.1) is 30.4 Å². The summed E-state index contributed by atoms with van der Waals surface area (Å²) in [5, 5.41) is 20.3. The minimum absolute atomic E-state index is 0.146. The second-order valence-electron chi connectivity index (χ2n) is 4.66. The van der Waals surface area contributed by atoms with Gasteiger partial charge in [-0.15, -0.1) is 0 Å². The summed E-state index contributed by atoms with van der Waals surface area (Å²) in [6.45, 7) is 1.76. The standard InChI is InChI=1S/C14H18O5/c1-7(18-2)12-11(19-3)6-8-9(15)4-5-10(16)13(8)14(12)17/h6-7,9,15,17H,4-5H2,1-3H3/t7-,9+/m1/s1. The molecule has 1 aliphatic rings. The molecule has 0 heterocycles. The monoisotopic (exact) mass is 266 g/mol. The Balaban J connectivity index is 2.70. The lowest BCUT2D eigenvalue weighted by Crippen LogP contribution is -2.17. The predicted octanol–water partition coefficient (Wildman–Crippen LogP) is 2.12. The number of carbonyl (C=O) groups excluding carboxylic acids is 1. The van der Waals surface area contributed by atoms with Gasteiger partial charge >= 0.3 is 0 Å². The fourth-order valence-electron chi connectivity index (χ4n) is 2.46. The van der Waals surface area contributed by atoms with Gasteiger partial charge in [0.25, 0.3) is 0 Å². The normalized spacial score (nSPS) is 20.0. The zero-order valence-electron chi connectivity index (χ0n) is 11.3. The molecule has 0 amide bonds. The van der Waals surface area contributed by atoms with Crippen molar-refractivity contribution in [3.63, 3.8) is 0 Å². The zero-order chi connectivity index (χ0) is 14.2. The number of hydrogen-bond acceptors (Lipinski definition) is 5. The third-order valence-corrected chi connectivity index (χ3v) is 3.60. The SMILES string of the molecule is COc1cc2c(c(O)c1[C@@H](C)OC)C(=O)CC[C@@H]2O. The smallest absolute Gasteiger partial charge is 0.167 e. The van der Waals surface area contributed by atoms with Crippen LogP contribution in [0, 0.1) is 0 Å². The second kappa shape index (κ2) is 5.19. The molecule has 0 fully saturated rings. The number of aliphatic hydroxyl groups is 1. The summed E-state index contributed by atoms with van der Waals surface area (Å²) < 4.78 is 10.4. The highest BCUT2D eigenvalue weighted by molar-refractivity contribution is 6.02. The van der Waals surface area contributed by atoms with E-state index in [1.165, 1.54) is 14.2 Å². The van der Waals surface area contributed by atoms with E-state index in [-0.39, 0.29) is 23.5 Å². The maximum atomic E-state index is 12.0. The first-order chi connectivity index (χ1) is 9.01. The van der Waals surface area contributed by atoms with E-state index in [4.69, 9.17) is 9.47 Å². The van der Waals surface area contributed by atoms with Gasteiger partial charge in [-0.2, -0.15) is 0 Å². The van der Waals surface area contributed by atoms with Gasteiger partial charge in [-0.1, -0.05) is 0 Å². The topological polar surface area (TPSA) is 76.0 Å². The quantitative estimate of drug-likeness (QED) is 0.876. The molecule has 5 nitrogen and oxygen atoms in total. The third kappa shape index (κ3) is 2.19. The number of phenols is 1. The molecule has 0 radical (unpaired) electrons. The Kier molecular flexibility index (Phi) is 3.78. The number of hydrogen-bond donors (Lipinski definition) is 2. The molecule has 0 spiro atoms. The van der Waals surface area contributed by atoms with E-state index in [0.29, 0.717) is 23.3 Å². The van der Waals surface area contributed by atoms with E-state index in [9.17, 15) is 15.0 Å². The number of ketones is 1. The lowest BCUT2D eigenvalue weighted by atomic mass is 9.85. The Hall–Kier alpha value is -1.59. The highest BCUT2D eigenvalue weighted by Gasteiger charge is 2.31. The number of Topliss-reactive ketones (excluding diaryl/α,β-unsaturated/α-hetero) is 1. The Bertz CT molecular complexity index is 509. The van der Waals surface area contributed by atoms with Crippen LogP contribution < -0.4 is 4.74 Å². The molecule has 2 N–H and O–H groups in total. The molecule has 0 aromatic heterocycles. The molecular weight excluding hydrogens is 248 g/mol. The summed E-state index contributed by atoms with van der Waals surface area (Å²) in [6.07, 6.45) is -0.561. The number of carbonyl (C=O) groups is 1. The number of benzene rings is 1. The van der Waals surface area contributed by atoms with Crippen molar-refractivity contribution in [3.05, 3.63) is 22.8 Å². The first kappa shape index (κ1) is 13.8. The minimum Gasteiger partial charge on any atom is -0.507 e. The van der Waals surface area contributed by atoms with Crippen LogP contribution >= 0.6 is 0 Å². The Morgan fingerprint density at radius 1 is 1.42 bits per heavy atom. The number of fused-ring (bicyclic) bond motifs is 1. The maximum absolute atomic E-state index is 12.0. The van der Waals surface area contributed by atoms with Crippen molar-refractivity contribution in [2.24, 2.45) is 0 Å². The molecule has 1 aliphatic carbocycles. The molecule has 1 aromatic carbocycles. The van der Waals surface area contributed by atoms with Gasteiger partial charge in [0.15, 0.2) is 5.78 Å². The van der Waals surface area contributed by atoms with Crippen molar-refractivity contribution < 1.29 is 24.5 Å². The van der Waals surface area contributed by atoms with E-state index >= 15 is 0 Å². The Morgan fingerprint density at radius 3 is 2.68 bits per heavy atom. The van der Waals surface area contributed by atoms with E-state index < -0.39 is 12.2 Å². The average Bonchev–Trinajstić information content (AvgIpc) is 2.41. The summed E-state index contributed by atoms with van der Waals surface area (Å²) in [7, 11) is 2.99. The van der Waals surface area contributed by atoms with Crippen molar-refractivity contribution in [1.29, 1.82) is 0 Å². The van der Waals surface area contributed by atoms with Crippen LogP contribution in [0.3, 0.4) is 0 Å². The van der Waals surface area contributed by atoms with Gasteiger partial charge in [-0.05, 0) is 25.0 Å².